The molecule has 84 valence electrons. The molecule has 15 heavy (non-hydrogen) atoms. The fourth-order valence-electron chi connectivity index (χ4n) is 1.44. The standard InChI is InChI=1S/C11H17NO2S/c1-3-5-10-12-8(2)9(15-10)6-4-7-11(13)14/h3-7H2,1-2H3,(H,13,14). The average Bonchev–Trinajstić information content (AvgIpc) is 2.47. The summed E-state index contributed by atoms with van der Waals surface area (Å²) in [5, 5.41) is 9.72. The van der Waals surface area contributed by atoms with E-state index in [1.807, 2.05) is 6.92 Å². The Labute approximate surface area is 94.2 Å². The summed E-state index contributed by atoms with van der Waals surface area (Å²) in [5.74, 6) is -0.717. The molecule has 1 heterocycles. The van der Waals surface area contributed by atoms with Crippen LogP contribution < -0.4 is 0 Å². The Morgan fingerprint density at radius 2 is 2.20 bits per heavy atom. The summed E-state index contributed by atoms with van der Waals surface area (Å²) in [7, 11) is 0. The van der Waals surface area contributed by atoms with E-state index in [9.17, 15) is 4.79 Å². The van der Waals surface area contributed by atoms with Gasteiger partial charge in [0.05, 0.1) is 10.7 Å². The van der Waals surface area contributed by atoms with Crippen LogP contribution in [0.1, 0.15) is 41.8 Å². The first-order valence-corrected chi connectivity index (χ1v) is 6.12. The first-order valence-electron chi connectivity index (χ1n) is 5.30. The van der Waals surface area contributed by atoms with E-state index >= 15 is 0 Å². The van der Waals surface area contributed by atoms with Gasteiger partial charge in [-0.1, -0.05) is 6.92 Å². The van der Waals surface area contributed by atoms with Gasteiger partial charge in [0.15, 0.2) is 0 Å². The van der Waals surface area contributed by atoms with Gasteiger partial charge >= 0.3 is 5.97 Å². The number of rotatable bonds is 6. The Morgan fingerprint density at radius 1 is 1.47 bits per heavy atom. The van der Waals surface area contributed by atoms with Crippen LogP contribution in [0.4, 0.5) is 0 Å². The predicted molar refractivity (Wildman–Crippen MR) is 61.4 cm³/mol. The summed E-state index contributed by atoms with van der Waals surface area (Å²) in [6.45, 7) is 4.15. The third-order valence-corrected chi connectivity index (χ3v) is 3.47. The number of carboxylic acid groups (broad SMARTS) is 1. The van der Waals surface area contributed by atoms with E-state index in [2.05, 4.69) is 11.9 Å². The lowest BCUT2D eigenvalue weighted by atomic mass is 10.2. The lowest BCUT2D eigenvalue weighted by Crippen LogP contribution is -1.95. The van der Waals surface area contributed by atoms with Crippen molar-refractivity contribution in [2.24, 2.45) is 0 Å². The Hall–Kier alpha value is -0.900. The summed E-state index contributed by atoms with van der Waals surface area (Å²) >= 11 is 1.73. The highest BCUT2D eigenvalue weighted by Crippen LogP contribution is 2.21. The first kappa shape index (κ1) is 12.2. The van der Waals surface area contributed by atoms with Crippen LogP contribution in [0.3, 0.4) is 0 Å². The number of aromatic nitrogens is 1. The monoisotopic (exact) mass is 227 g/mol. The minimum Gasteiger partial charge on any atom is -0.481 e. The maximum Gasteiger partial charge on any atom is 0.303 e. The topological polar surface area (TPSA) is 50.2 Å². The SMILES string of the molecule is CCCc1nc(C)c(CCCC(=O)O)s1. The lowest BCUT2D eigenvalue weighted by Gasteiger charge is -1.95. The molecule has 0 saturated carbocycles. The Morgan fingerprint density at radius 3 is 2.80 bits per heavy atom. The number of carboxylic acids is 1. The van der Waals surface area contributed by atoms with Crippen molar-refractivity contribution in [1.29, 1.82) is 0 Å². The Bertz CT molecular complexity index is 333. The summed E-state index contributed by atoms with van der Waals surface area (Å²) < 4.78 is 0. The zero-order chi connectivity index (χ0) is 11.3. The first-order chi connectivity index (χ1) is 7.13. The molecule has 0 spiro atoms. The van der Waals surface area contributed by atoms with Gasteiger partial charge in [-0.3, -0.25) is 4.79 Å². The second kappa shape index (κ2) is 5.85. The maximum atomic E-state index is 10.4. The quantitative estimate of drug-likeness (QED) is 0.813. The number of aliphatic carboxylic acids is 1. The Balaban J connectivity index is 2.49. The number of nitrogens with zero attached hydrogens (tertiary/aromatic N) is 1. The van der Waals surface area contributed by atoms with Gasteiger partial charge in [-0.25, -0.2) is 4.98 Å². The molecule has 0 aliphatic heterocycles. The van der Waals surface area contributed by atoms with Crippen LogP contribution in [-0.2, 0) is 17.6 Å². The third-order valence-electron chi connectivity index (χ3n) is 2.20. The minimum atomic E-state index is -0.717. The number of aryl methyl sites for hydroxylation is 3. The third kappa shape index (κ3) is 4.00. The molecule has 1 aromatic heterocycles. The molecule has 3 nitrogen and oxygen atoms in total. The van der Waals surface area contributed by atoms with Crippen LogP contribution in [0.25, 0.3) is 0 Å². The molecule has 0 aliphatic rings. The highest BCUT2D eigenvalue weighted by atomic mass is 32.1. The van der Waals surface area contributed by atoms with Crippen molar-refractivity contribution in [3.8, 4) is 0 Å². The normalized spacial score (nSPS) is 10.5. The van der Waals surface area contributed by atoms with E-state index in [0.29, 0.717) is 6.42 Å². The highest BCUT2D eigenvalue weighted by Gasteiger charge is 2.07. The minimum absolute atomic E-state index is 0.250. The Kier molecular flexibility index (Phi) is 4.75. The molecule has 4 heteroatoms. The fourth-order valence-corrected chi connectivity index (χ4v) is 2.65. The van der Waals surface area contributed by atoms with E-state index in [4.69, 9.17) is 5.11 Å². The second-order valence-electron chi connectivity index (χ2n) is 3.61. The molecule has 0 fully saturated rings. The van der Waals surface area contributed by atoms with Gasteiger partial charge in [-0.2, -0.15) is 0 Å². The summed E-state index contributed by atoms with van der Waals surface area (Å²) in [6, 6.07) is 0. The lowest BCUT2D eigenvalue weighted by molar-refractivity contribution is -0.137. The van der Waals surface area contributed by atoms with Crippen LogP contribution in [-0.4, -0.2) is 16.1 Å². The predicted octanol–water partition coefficient (Wildman–Crippen LogP) is 2.81. The van der Waals surface area contributed by atoms with Crippen molar-refractivity contribution >= 4 is 17.3 Å². The smallest absolute Gasteiger partial charge is 0.303 e. The van der Waals surface area contributed by atoms with E-state index in [0.717, 1.165) is 25.0 Å². The van der Waals surface area contributed by atoms with Crippen molar-refractivity contribution in [2.45, 2.75) is 46.0 Å². The second-order valence-corrected chi connectivity index (χ2v) is 4.78. The molecule has 1 N–H and O–H groups in total. The zero-order valence-electron chi connectivity index (χ0n) is 9.25. The molecule has 0 unspecified atom stereocenters. The highest BCUT2D eigenvalue weighted by molar-refractivity contribution is 7.11. The van der Waals surface area contributed by atoms with Gasteiger partial charge in [0, 0.05) is 11.3 Å². The van der Waals surface area contributed by atoms with Crippen molar-refractivity contribution in [1.82, 2.24) is 4.98 Å². The molecular weight excluding hydrogens is 210 g/mol. The molecule has 0 aromatic carbocycles. The largest absolute Gasteiger partial charge is 0.481 e. The van der Waals surface area contributed by atoms with E-state index in [1.165, 1.54) is 9.88 Å². The van der Waals surface area contributed by atoms with Gasteiger partial charge < -0.3 is 5.11 Å². The molecule has 1 rings (SSSR count). The maximum absolute atomic E-state index is 10.4. The molecular formula is C11H17NO2S. The van der Waals surface area contributed by atoms with Gasteiger partial charge in [0.25, 0.3) is 0 Å². The molecule has 0 aliphatic carbocycles. The van der Waals surface area contributed by atoms with Crippen LogP contribution >= 0.6 is 11.3 Å². The van der Waals surface area contributed by atoms with Crippen LogP contribution in [0.5, 0.6) is 0 Å². The van der Waals surface area contributed by atoms with Gasteiger partial charge in [0.2, 0.25) is 0 Å². The van der Waals surface area contributed by atoms with E-state index < -0.39 is 5.97 Å². The fraction of sp³-hybridized carbons (Fsp3) is 0.636. The van der Waals surface area contributed by atoms with Crippen molar-refractivity contribution in [3.63, 3.8) is 0 Å². The summed E-state index contributed by atoms with van der Waals surface area (Å²) in [5.41, 5.74) is 1.08. The van der Waals surface area contributed by atoms with Crippen LogP contribution in [0.15, 0.2) is 0 Å². The van der Waals surface area contributed by atoms with Gasteiger partial charge in [-0.15, -0.1) is 11.3 Å². The molecule has 0 amide bonds. The van der Waals surface area contributed by atoms with Crippen LogP contribution in [0.2, 0.25) is 0 Å². The van der Waals surface area contributed by atoms with E-state index in [-0.39, 0.29) is 6.42 Å². The van der Waals surface area contributed by atoms with Crippen molar-refractivity contribution in [3.05, 3.63) is 15.6 Å². The molecule has 0 saturated heterocycles. The number of carbonyl (C=O) groups is 1. The average molecular weight is 227 g/mol. The molecule has 0 atom stereocenters. The van der Waals surface area contributed by atoms with Crippen molar-refractivity contribution in [2.75, 3.05) is 0 Å². The number of thiazole rings is 1. The molecule has 0 bridgehead atoms. The molecule has 0 radical (unpaired) electrons. The van der Waals surface area contributed by atoms with Crippen LogP contribution in [0, 0.1) is 6.92 Å². The summed E-state index contributed by atoms with van der Waals surface area (Å²) in [4.78, 5) is 16.1. The van der Waals surface area contributed by atoms with Gasteiger partial charge in [0.1, 0.15) is 0 Å². The zero-order valence-corrected chi connectivity index (χ0v) is 10.1. The van der Waals surface area contributed by atoms with Gasteiger partial charge in [-0.05, 0) is 32.6 Å². The number of hydrogen-bond acceptors (Lipinski definition) is 3. The summed E-state index contributed by atoms with van der Waals surface area (Å²) in [6.07, 6.45) is 3.95. The molecule has 1 aromatic rings. The number of hydrogen-bond donors (Lipinski definition) is 1. The van der Waals surface area contributed by atoms with E-state index in [1.54, 1.807) is 11.3 Å². The van der Waals surface area contributed by atoms with Crippen molar-refractivity contribution < 1.29 is 9.90 Å².